The molecular formula is C24H19BrN2O3. The van der Waals surface area contributed by atoms with E-state index in [-0.39, 0.29) is 24.1 Å². The van der Waals surface area contributed by atoms with E-state index in [1.165, 1.54) is 4.90 Å². The van der Waals surface area contributed by atoms with Crippen molar-refractivity contribution in [3.05, 3.63) is 100 Å². The zero-order valence-corrected chi connectivity index (χ0v) is 17.6. The van der Waals surface area contributed by atoms with E-state index >= 15 is 0 Å². The van der Waals surface area contributed by atoms with Crippen molar-refractivity contribution in [3.63, 3.8) is 0 Å². The number of ether oxygens (including phenoxy) is 1. The molecule has 6 heteroatoms. The van der Waals surface area contributed by atoms with Gasteiger partial charge in [-0.2, -0.15) is 0 Å². The number of rotatable bonds is 5. The zero-order valence-electron chi connectivity index (χ0n) is 16.0. The molecule has 0 aliphatic carbocycles. The van der Waals surface area contributed by atoms with Gasteiger partial charge in [0, 0.05) is 11.0 Å². The van der Waals surface area contributed by atoms with E-state index in [0.717, 1.165) is 15.6 Å². The quantitative estimate of drug-likeness (QED) is 0.566. The van der Waals surface area contributed by atoms with Gasteiger partial charge in [-0.1, -0.05) is 76.6 Å². The molecule has 0 spiro atoms. The lowest BCUT2D eigenvalue weighted by molar-refractivity contribution is -0.123. The molecule has 30 heavy (non-hydrogen) atoms. The number of hydrogen-bond donors (Lipinski definition) is 1. The fraction of sp³-hybridized carbons (Fsp3) is 0.0833. The van der Waals surface area contributed by atoms with Crippen LogP contribution in [0.5, 0.6) is 5.75 Å². The minimum absolute atomic E-state index is 0.0979. The van der Waals surface area contributed by atoms with Gasteiger partial charge < -0.3 is 10.1 Å². The van der Waals surface area contributed by atoms with E-state index < -0.39 is 0 Å². The Bertz CT molecular complexity index is 1110. The van der Waals surface area contributed by atoms with Gasteiger partial charge in [0.25, 0.3) is 5.91 Å². The minimum atomic E-state index is -0.362. The summed E-state index contributed by atoms with van der Waals surface area (Å²) < 4.78 is 6.71. The summed E-state index contributed by atoms with van der Waals surface area (Å²) in [7, 11) is 0. The van der Waals surface area contributed by atoms with Crippen molar-refractivity contribution in [1.82, 2.24) is 5.32 Å². The van der Waals surface area contributed by atoms with Gasteiger partial charge in [-0.15, -0.1) is 0 Å². The molecule has 0 saturated heterocycles. The molecule has 0 unspecified atom stereocenters. The summed E-state index contributed by atoms with van der Waals surface area (Å²) in [5.74, 6) is 0.0891. The Morgan fingerprint density at radius 1 is 0.967 bits per heavy atom. The molecule has 1 aliphatic heterocycles. The number of hydrogen-bond acceptors (Lipinski definition) is 3. The summed E-state index contributed by atoms with van der Waals surface area (Å²) in [6.07, 6.45) is 1.68. The third-order valence-corrected chi connectivity index (χ3v) is 5.38. The summed E-state index contributed by atoms with van der Waals surface area (Å²) in [6, 6.07) is 24.4. The number of carbonyl (C=O) groups is 2. The van der Waals surface area contributed by atoms with E-state index in [2.05, 4.69) is 21.2 Å². The normalized spacial score (nSPS) is 14.2. The van der Waals surface area contributed by atoms with Gasteiger partial charge in [0.2, 0.25) is 5.91 Å². The molecule has 1 N–H and O–H groups in total. The lowest BCUT2D eigenvalue weighted by atomic mass is 10.1. The third-order valence-electron chi connectivity index (χ3n) is 4.66. The fourth-order valence-corrected chi connectivity index (χ4v) is 3.55. The first-order valence-corrected chi connectivity index (χ1v) is 10.3. The van der Waals surface area contributed by atoms with Crippen molar-refractivity contribution in [2.45, 2.75) is 6.54 Å². The second-order valence-electron chi connectivity index (χ2n) is 6.75. The Labute approximate surface area is 183 Å². The number of para-hydroxylation sites is 2. The zero-order chi connectivity index (χ0) is 20.9. The van der Waals surface area contributed by atoms with Crippen LogP contribution in [0.4, 0.5) is 5.69 Å². The molecule has 5 nitrogen and oxygen atoms in total. The van der Waals surface area contributed by atoms with E-state index in [9.17, 15) is 9.59 Å². The molecule has 1 aliphatic rings. The van der Waals surface area contributed by atoms with Gasteiger partial charge in [-0.3, -0.25) is 14.5 Å². The Kier molecular flexibility index (Phi) is 5.95. The molecule has 1 heterocycles. The minimum Gasteiger partial charge on any atom is -0.449 e. The van der Waals surface area contributed by atoms with Crippen LogP contribution in [0.2, 0.25) is 0 Å². The van der Waals surface area contributed by atoms with Gasteiger partial charge in [-0.25, -0.2) is 0 Å². The monoisotopic (exact) mass is 462 g/mol. The number of anilines is 1. The van der Waals surface area contributed by atoms with E-state index in [1.807, 2.05) is 66.7 Å². The maximum Gasteiger partial charge on any atom is 0.294 e. The summed E-state index contributed by atoms with van der Waals surface area (Å²) in [4.78, 5) is 27.2. The van der Waals surface area contributed by atoms with Gasteiger partial charge in [0.1, 0.15) is 6.54 Å². The van der Waals surface area contributed by atoms with Crippen molar-refractivity contribution < 1.29 is 14.3 Å². The van der Waals surface area contributed by atoms with Crippen molar-refractivity contribution in [3.8, 4) is 5.75 Å². The molecule has 0 bridgehead atoms. The molecule has 3 aromatic carbocycles. The predicted molar refractivity (Wildman–Crippen MR) is 120 cm³/mol. The number of benzene rings is 3. The predicted octanol–water partition coefficient (Wildman–Crippen LogP) is 4.53. The lowest BCUT2D eigenvalue weighted by Crippen LogP contribution is -2.44. The van der Waals surface area contributed by atoms with Crippen LogP contribution in [-0.4, -0.2) is 18.4 Å². The van der Waals surface area contributed by atoms with E-state index in [0.29, 0.717) is 18.0 Å². The highest BCUT2D eigenvalue weighted by Gasteiger charge is 2.31. The molecule has 0 fully saturated rings. The Balaban J connectivity index is 1.57. The number of nitrogens with one attached hydrogen (secondary N) is 1. The first-order valence-electron chi connectivity index (χ1n) is 9.47. The molecule has 150 valence electrons. The first kappa shape index (κ1) is 19.9. The van der Waals surface area contributed by atoms with Crippen LogP contribution in [-0.2, 0) is 16.1 Å². The number of nitrogens with zero attached hydrogens (tertiary/aromatic N) is 1. The second-order valence-corrected chi connectivity index (χ2v) is 7.61. The van der Waals surface area contributed by atoms with Crippen LogP contribution < -0.4 is 15.0 Å². The molecule has 0 saturated carbocycles. The highest BCUT2D eigenvalue weighted by Crippen LogP contribution is 2.35. The topological polar surface area (TPSA) is 58.6 Å². The number of halogens is 1. The highest BCUT2D eigenvalue weighted by atomic mass is 79.9. The maximum atomic E-state index is 13.2. The summed E-state index contributed by atoms with van der Waals surface area (Å²) >= 11 is 3.48. The first-order chi connectivity index (χ1) is 14.6. The van der Waals surface area contributed by atoms with Gasteiger partial charge in [0.15, 0.2) is 11.5 Å². The van der Waals surface area contributed by atoms with Gasteiger partial charge >= 0.3 is 0 Å². The lowest BCUT2D eigenvalue weighted by Gasteiger charge is -2.30. The number of fused-ring (bicyclic) bond motifs is 1. The van der Waals surface area contributed by atoms with Crippen molar-refractivity contribution in [2.24, 2.45) is 0 Å². The summed E-state index contributed by atoms with van der Waals surface area (Å²) in [5.41, 5.74) is 2.38. The SMILES string of the molecule is O=C(CN1C(=O)C(=Cc2ccccc2Br)Oc2ccccc21)NCc1ccccc1. The standard InChI is InChI=1S/C24H19BrN2O3/c25-19-11-5-4-10-18(19)14-22-24(29)27(20-12-6-7-13-21(20)30-22)16-23(28)26-15-17-8-2-1-3-9-17/h1-14H,15-16H2,(H,26,28). The molecular weight excluding hydrogens is 444 g/mol. The molecule has 2 amide bonds. The average molecular weight is 463 g/mol. The smallest absolute Gasteiger partial charge is 0.294 e. The third kappa shape index (κ3) is 4.44. The largest absolute Gasteiger partial charge is 0.449 e. The van der Waals surface area contributed by atoms with Gasteiger partial charge in [0.05, 0.1) is 5.69 Å². The van der Waals surface area contributed by atoms with Crippen LogP contribution in [0, 0.1) is 0 Å². The number of carbonyl (C=O) groups excluding carboxylic acids is 2. The molecule has 0 aromatic heterocycles. The van der Waals surface area contributed by atoms with E-state index in [4.69, 9.17) is 4.74 Å². The van der Waals surface area contributed by atoms with Crippen LogP contribution >= 0.6 is 15.9 Å². The van der Waals surface area contributed by atoms with Crippen LogP contribution in [0.25, 0.3) is 6.08 Å². The molecule has 0 atom stereocenters. The molecule has 3 aromatic rings. The van der Waals surface area contributed by atoms with Crippen LogP contribution in [0.3, 0.4) is 0 Å². The molecule has 0 radical (unpaired) electrons. The molecule has 4 rings (SSSR count). The second kappa shape index (κ2) is 8.97. The average Bonchev–Trinajstić information content (AvgIpc) is 2.77. The highest BCUT2D eigenvalue weighted by molar-refractivity contribution is 9.10. The van der Waals surface area contributed by atoms with E-state index in [1.54, 1.807) is 18.2 Å². The maximum absolute atomic E-state index is 13.2. The van der Waals surface area contributed by atoms with Crippen LogP contribution in [0.15, 0.2) is 89.1 Å². The fourth-order valence-electron chi connectivity index (χ4n) is 3.15. The van der Waals surface area contributed by atoms with Crippen molar-refractivity contribution in [2.75, 3.05) is 11.4 Å². The summed E-state index contributed by atoms with van der Waals surface area (Å²) in [6.45, 7) is 0.304. The number of amides is 2. The Morgan fingerprint density at radius 2 is 1.67 bits per heavy atom. The summed E-state index contributed by atoms with van der Waals surface area (Å²) in [5, 5.41) is 2.87. The van der Waals surface area contributed by atoms with Crippen molar-refractivity contribution >= 4 is 39.5 Å². The Hall–Kier alpha value is -3.38. The van der Waals surface area contributed by atoms with Crippen LogP contribution in [0.1, 0.15) is 11.1 Å². The van der Waals surface area contributed by atoms with Gasteiger partial charge in [-0.05, 0) is 35.4 Å². The Morgan fingerprint density at radius 3 is 2.47 bits per heavy atom. The van der Waals surface area contributed by atoms with Crippen molar-refractivity contribution in [1.29, 1.82) is 0 Å².